The van der Waals surface area contributed by atoms with Crippen LogP contribution in [0.1, 0.15) is 0 Å². The Balaban J connectivity index is 1.78. The molecule has 1 aliphatic heterocycles. The van der Waals surface area contributed by atoms with E-state index < -0.39 is 11.6 Å². The molecule has 0 saturated heterocycles. The van der Waals surface area contributed by atoms with E-state index in [1.54, 1.807) is 12.1 Å². The summed E-state index contributed by atoms with van der Waals surface area (Å²) >= 11 is 6.15. The van der Waals surface area contributed by atoms with Gasteiger partial charge in [-0.1, -0.05) is 11.6 Å². The Labute approximate surface area is 133 Å². The Kier molecular flexibility index (Phi) is 3.16. The molecule has 5 nitrogen and oxygen atoms in total. The van der Waals surface area contributed by atoms with Crippen molar-refractivity contribution in [3.8, 4) is 11.5 Å². The number of hydrogen-bond donors (Lipinski definition) is 1. The summed E-state index contributed by atoms with van der Waals surface area (Å²) in [4.78, 5) is 8.12. The monoisotopic (exact) mass is 335 g/mol. The van der Waals surface area contributed by atoms with Crippen molar-refractivity contribution in [2.45, 2.75) is 0 Å². The molecule has 0 spiro atoms. The van der Waals surface area contributed by atoms with Gasteiger partial charge in [0.05, 0.1) is 15.9 Å². The van der Waals surface area contributed by atoms with E-state index >= 15 is 0 Å². The van der Waals surface area contributed by atoms with Gasteiger partial charge in [0, 0.05) is 18.3 Å². The first-order valence-electron chi connectivity index (χ1n) is 6.59. The molecular formula is C15H8ClF2N3O2. The fraction of sp³-hybridized carbons (Fsp3) is 0.0667. The number of hydrogen-bond acceptors (Lipinski definition) is 5. The lowest BCUT2D eigenvalue weighted by Gasteiger charge is -2.10. The van der Waals surface area contributed by atoms with Crippen LogP contribution in [0, 0.1) is 11.6 Å². The third-order valence-corrected chi connectivity index (χ3v) is 3.65. The van der Waals surface area contributed by atoms with Crippen molar-refractivity contribution < 1.29 is 18.3 Å². The first-order chi connectivity index (χ1) is 11.1. The van der Waals surface area contributed by atoms with E-state index in [1.807, 2.05) is 0 Å². The number of nitrogens with zero attached hydrogens (tertiary/aromatic N) is 2. The standard InChI is InChI=1S/C15H8ClF2N3O2/c16-9-1-2-12-14(23-6-22-12)13(9)21-15-19-5-8-10(18)3-7(17)4-11(8)20-15/h1-5H,6H2,(H,19,20,21). The van der Waals surface area contributed by atoms with E-state index in [4.69, 9.17) is 21.1 Å². The first-order valence-corrected chi connectivity index (χ1v) is 6.96. The van der Waals surface area contributed by atoms with Gasteiger partial charge < -0.3 is 14.8 Å². The number of rotatable bonds is 2. The highest BCUT2D eigenvalue weighted by Crippen LogP contribution is 2.44. The smallest absolute Gasteiger partial charge is 0.231 e. The maximum absolute atomic E-state index is 13.7. The first kappa shape index (κ1) is 14.0. The molecule has 0 fully saturated rings. The zero-order valence-corrected chi connectivity index (χ0v) is 12.2. The quantitative estimate of drug-likeness (QED) is 0.766. The fourth-order valence-corrected chi connectivity index (χ4v) is 2.49. The Hall–Kier alpha value is -2.67. The van der Waals surface area contributed by atoms with Crippen LogP contribution in [0.3, 0.4) is 0 Å². The SMILES string of the molecule is Fc1cc(F)c2cnc(Nc3c(Cl)ccc4c3OCO4)nc2c1. The summed E-state index contributed by atoms with van der Waals surface area (Å²) in [7, 11) is 0. The third kappa shape index (κ3) is 2.39. The maximum Gasteiger partial charge on any atom is 0.231 e. The van der Waals surface area contributed by atoms with Crippen molar-refractivity contribution >= 4 is 34.1 Å². The molecule has 0 atom stereocenters. The van der Waals surface area contributed by atoms with Gasteiger partial charge >= 0.3 is 0 Å². The van der Waals surface area contributed by atoms with Gasteiger partial charge in [0.15, 0.2) is 11.5 Å². The molecule has 3 aromatic rings. The number of ether oxygens (including phenoxy) is 2. The molecule has 0 aliphatic carbocycles. The average Bonchev–Trinajstić information content (AvgIpc) is 2.98. The summed E-state index contributed by atoms with van der Waals surface area (Å²) in [5, 5.41) is 3.40. The van der Waals surface area contributed by atoms with Gasteiger partial charge in [-0.2, -0.15) is 0 Å². The van der Waals surface area contributed by atoms with Crippen LogP contribution in [0.25, 0.3) is 10.9 Å². The van der Waals surface area contributed by atoms with Crippen molar-refractivity contribution in [3.63, 3.8) is 0 Å². The molecule has 1 aromatic heterocycles. The molecule has 1 N–H and O–H groups in total. The van der Waals surface area contributed by atoms with E-state index in [9.17, 15) is 8.78 Å². The minimum atomic E-state index is -0.720. The van der Waals surface area contributed by atoms with Crippen molar-refractivity contribution in [2.24, 2.45) is 0 Å². The Morgan fingerprint density at radius 2 is 2.04 bits per heavy atom. The summed E-state index contributed by atoms with van der Waals surface area (Å²) in [6.45, 7) is 0.0827. The van der Waals surface area contributed by atoms with Gasteiger partial charge in [-0.05, 0) is 12.1 Å². The summed E-state index contributed by atoms with van der Waals surface area (Å²) in [6.07, 6.45) is 1.27. The summed E-state index contributed by atoms with van der Waals surface area (Å²) < 4.78 is 37.6. The van der Waals surface area contributed by atoms with Gasteiger partial charge in [-0.15, -0.1) is 0 Å². The van der Waals surface area contributed by atoms with Crippen LogP contribution in [0.2, 0.25) is 5.02 Å². The van der Waals surface area contributed by atoms with Crippen molar-refractivity contribution in [3.05, 3.63) is 47.1 Å². The van der Waals surface area contributed by atoms with E-state index in [-0.39, 0.29) is 23.6 Å². The lowest BCUT2D eigenvalue weighted by molar-refractivity contribution is 0.174. The number of anilines is 2. The lowest BCUT2D eigenvalue weighted by atomic mass is 10.2. The minimum absolute atomic E-state index is 0.0827. The van der Waals surface area contributed by atoms with Crippen LogP contribution in [0.4, 0.5) is 20.4 Å². The van der Waals surface area contributed by atoms with Crippen LogP contribution in [0.5, 0.6) is 11.5 Å². The second-order valence-electron chi connectivity index (χ2n) is 4.80. The highest BCUT2D eigenvalue weighted by atomic mass is 35.5. The molecule has 8 heteroatoms. The second-order valence-corrected chi connectivity index (χ2v) is 5.20. The van der Waals surface area contributed by atoms with Crippen molar-refractivity contribution in [1.29, 1.82) is 0 Å². The van der Waals surface area contributed by atoms with Gasteiger partial charge in [0.2, 0.25) is 12.7 Å². The van der Waals surface area contributed by atoms with Crippen LogP contribution < -0.4 is 14.8 Å². The second kappa shape index (κ2) is 5.20. The maximum atomic E-state index is 13.7. The van der Waals surface area contributed by atoms with Gasteiger partial charge in [0.1, 0.15) is 17.3 Å². The van der Waals surface area contributed by atoms with E-state index in [0.29, 0.717) is 22.2 Å². The molecule has 0 unspecified atom stereocenters. The predicted molar refractivity (Wildman–Crippen MR) is 80.3 cm³/mol. The minimum Gasteiger partial charge on any atom is -0.454 e. The lowest BCUT2D eigenvalue weighted by Crippen LogP contribution is -2.00. The topological polar surface area (TPSA) is 56.3 Å². The zero-order valence-electron chi connectivity index (χ0n) is 11.4. The largest absolute Gasteiger partial charge is 0.454 e. The third-order valence-electron chi connectivity index (χ3n) is 3.34. The molecule has 2 aromatic carbocycles. The summed E-state index contributed by atoms with van der Waals surface area (Å²) in [5.74, 6) is -0.327. The molecule has 116 valence electrons. The Bertz CT molecular complexity index is 936. The number of nitrogens with one attached hydrogen (secondary N) is 1. The number of benzene rings is 2. The highest BCUT2D eigenvalue weighted by Gasteiger charge is 2.21. The predicted octanol–water partition coefficient (Wildman–Crippen LogP) is 4.03. The van der Waals surface area contributed by atoms with Crippen LogP contribution in [0.15, 0.2) is 30.5 Å². The van der Waals surface area contributed by atoms with Crippen LogP contribution in [-0.4, -0.2) is 16.8 Å². The van der Waals surface area contributed by atoms with E-state index in [1.165, 1.54) is 6.20 Å². The summed E-state index contributed by atoms with van der Waals surface area (Å²) in [6, 6.07) is 5.23. The van der Waals surface area contributed by atoms with Gasteiger partial charge in [-0.3, -0.25) is 0 Å². The molecule has 0 amide bonds. The van der Waals surface area contributed by atoms with E-state index in [0.717, 1.165) is 12.1 Å². The van der Waals surface area contributed by atoms with E-state index in [2.05, 4.69) is 15.3 Å². The molecule has 4 rings (SSSR count). The number of fused-ring (bicyclic) bond motifs is 2. The highest BCUT2D eigenvalue weighted by molar-refractivity contribution is 6.33. The molecule has 23 heavy (non-hydrogen) atoms. The van der Waals surface area contributed by atoms with Crippen LogP contribution >= 0.6 is 11.6 Å². The fourth-order valence-electron chi connectivity index (χ4n) is 2.30. The Morgan fingerprint density at radius 1 is 1.17 bits per heavy atom. The van der Waals surface area contributed by atoms with Crippen LogP contribution in [-0.2, 0) is 0 Å². The summed E-state index contributed by atoms with van der Waals surface area (Å²) in [5.41, 5.74) is 0.568. The average molecular weight is 336 g/mol. The molecule has 1 aliphatic rings. The van der Waals surface area contributed by atoms with Crippen molar-refractivity contribution in [1.82, 2.24) is 9.97 Å². The normalized spacial score (nSPS) is 12.7. The van der Waals surface area contributed by atoms with Gasteiger partial charge in [0.25, 0.3) is 0 Å². The molecule has 2 heterocycles. The molecular weight excluding hydrogens is 328 g/mol. The van der Waals surface area contributed by atoms with Gasteiger partial charge in [-0.25, -0.2) is 18.7 Å². The number of halogens is 3. The molecule has 0 bridgehead atoms. The molecule has 0 saturated carbocycles. The number of aromatic nitrogens is 2. The zero-order chi connectivity index (χ0) is 16.0. The molecule has 0 radical (unpaired) electrons. The van der Waals surface area contributed by atoms with Crippen molar-refractivity contribution in [2.75, 3.05) is 12.1 Å². The Morgan fingerprint density at radius 3 is 2.91 bits per heavy atom.